The van der Waals surface area contributed by atoms with Crippen molar-refractivity contribution < 1.29 is 0 Å². The minimum atomic E-state index is 0.0270. The number of hydrogen-bond donors (Lipinski definition) is 2. The van der Waals surface area contributed by atoms with E-state index in [0.717, 1.165) is 13.1 Å². The zero-order valence-corrected chi connectivity index (χ0v) is 13.4. The summed E-state index contributed by atoms with van der Waals surface area (Å²) < 4.78 is 3.74. The van der Waals surface area contributed by atoms with Crippen LogP contribution < -0.4 is 11.5 Å². The third-order valence-electron chi connectivity index (χ3n) is 3.63. The molecule has 0 fully saturated rings. The number of hydrogen-bond acceptors (Lipinski definition) is 5. The highest BCUT2D eigenvalue weighted by atomic mass is 15.3. The molecule has 2 rings (SSSR count). The first-order valence-electron chi connectivity index (χ1n) is 7.74. The summed E-state index contributed by atoms with van der Waals surface area (Å²) in [6, 6.07) is 4.27. The minimum Gasteiger partial charge on any atom is -0.325 e. The smallest absolute Gasteiger partial charge is 0.0573 e. The van der Waals surface area contributed by atoms with Crippen molar-refractivity contribution in [2.75, 3.05) is 13.1 Å². The molecular formula is C15H27N7. The quantitative estimate of drug-likeness (QED) is 0.688. The van der Waals surface area contributed by atoms with Gasteiger partial charge in [-0.15, -0.1) is 0 Å². The van der Waals surface area contributed by atoms with Crippen molar-refractivity contribution in [2.45, 2.75) is 45.1 Å². The van der Waals surface area contributed by atoms with E-state index in [1.165, 1.54) is 0 Å². The Hall–Kier alpha value is -1.70. The van der Waals surface area contributed by atoms with Crippen molar-refractivity contribution in [1.29, 1.82) is 0 Å². The lowest BCUT2D eigenvalue weighted by Gasteiger charge is -2.31. The molecule has 4 N–H and O–H groups in total. The Morgan fingerprint density at radius 1 is 0.909 bits per heavy atom. The molecule has 7 heteroatoms. The van der Waals surface area contributed by atoms with E-state index in [9.17, 15) is 0 Å². The Bertz CT molecular complexity index is 462. The molecule has 2 aromatic heterocycles. The van der Waals surface area contributed by atoms with Gasteiger partial charge in [0.05, 0.1) is 13.1 Å². The van der Waals surface area contributed by atoms with Gasteiger partial charge in [-0.3, -0.25) is 14.3 Å². The van der Waals surface area contributed by atoms with E-state index < -0.39 is 0 Å². The first kappa shape index (κ1) is 16.7. The van der Waals surface area contributed by atoms with Crippen LogP contribution in [0.4, 0.5) is 0 Å². The summed E-state index contributed by atoms with van der Waals surface area (Å²) in [5.74, 6) is 0. The van der Waals surface area contributed by atoms with Crippen molar-refractivity contribution in [3.63, 3.8) is 0 Å². The van der Waals surface area contributed by atoms with E-state index in [1.54, 1.807) is 12.4 Å². The number of rotatable bonds is 9. The largest absolute Gasteiger partial charge is 0.325 e. The van der Waals surface area contributed by atoms with Crippen molar-refractivity contribution in [2.24, 2.45) is 11.5 Å². The SMILES string of the molecule is CC(C)N(CC(N)Cn1cccn1)CC(N)Cn1cccn1. The molecule has 2 unspecified atom stereocenters. The summed E-state index contributed by atoms with van der Waals surface area (Å²) >= 11 is 0. The van der Waals surface area contributed by atoms with E-state index >= 15 is 0 Å². The van der Waals surface area contributed by atoms with Gasteiger partial charge in [0.2, 0.25) is 0 Å². The Morgan fingerprint density at radius 2 is 1.36 bits per heavy atom. The van der Waals surface area contributed by atoms with Crippen LogP contribution in [-0.4, -0.2) is 55.7 Å². The van der Waals surface area contributed by atoms with Gasteiger partial charge in [0.1, 0.15) is 0 Å². The van der Waals surface area contributed by atoms with Gasteiger partial charge in [0.25, 0.3) is 0 Å². The molecule has 0 spiro atoms. The first-order chi connectivity index (χ1) is 10.5. The molecule has 2 atom stereocenters. The molecule has 0 bridgehead atoms. The predicted molar refractivity (Wildman–Crippen MR) is 87.1 cm³/mol. The lowest BCUT2D eigenvalue weighted by molar-refractivity contribution is 0.183. The highest BCUT2D eigenvalue weighted by Gasteiger charge is 2.17. The third kappa shape index (κ3) is 5.25. The fourth-order valence-corrected chi connectivity index (χ4v) is 2.51. The number of aromatic nitrogens is 4. The molecule has 122 valence electrons. The van der Waals surface area contributed by atoms with Crippen molar-refractivity contribution in [3.8, 4) is 0 Å². The summed E-state index contributed by atoms with van der Waals surface area (Å²) in [6.07, 6.45) is 7.41. The molecule has 0 aliphatic heterocycles. The molecule has 0 aromatic carbocycles. The molecule has 2 heterocycles. The molecule has 0 radical (unpaired) electrons. The molecular weight excluding hydrogens is 278 g/mol. The van der Waals surface area contributed by atoms with Gasteiger partial charge >= 0.3 is 0 Å². The van der Waals surface area contributed by atoms with E-state index in [4.69, 9.17) is 11.5 Å². The average Bonchev–Trinajstić information content (AvgIpc) is 3.11. The van der Waals surface area contributed by atoms with E-state index in [-0.39, 0.29) is 12.1 Å². The van der Waals surface area contributed by atoms with E-state index in [2.05, 4.69) is 28.9 Å². The maximum atomic E-state index is 6.25. The van der Waals surface area contributed by atoms with Crippen LogP contribution in [0.5, 0.6) is 0 Å². The summed E-state index contributed by atoms with van der Waals surface area (Å²) in [4.78, 5) is 2.32. The lowest BCUT2D eigenvalue weighted by Crippen LogP contribution is -2.49. The second-order valence-corrected chi connectivity index (χ2v) is 6.02. The standard InChI is InChI=1S/C15H27N7/c1-13(2)20(9-14(16)11-21-7-3-5-18-21)10-15(17)12-22-8-4-6-19-22/h3-8,13-15H,9-12,16-17H2,1-2H3. The van der Waals surface area contributed by atoms with Gasteiger partial charge in [0.15, 0.2) is 0 Å². The Labute approximate surface area is 131 Å². The second-order valence-electron chi connectivity index (χ2n) is 6.02. The summed E-state index contributed by atoms with van der Waals surface area (Å²) in [5.41, 5.74) is 12.5. The van der Waals surface area contributed by atoms with Crippen LogP contribution in [-0.2, 0) is 13.1 Å². The van der Waals surface area contributed by atoms with Gasteiger partial charge in [-0.25, -0.2) is 0 Å². The Morgan fingerprint density at radius 3 is 1.68 bits per heavy atom. The second kappa shape index (κ2) is 8.07. The van der Waals surface area contributed by atoms with E-state index in [1.807, 2.05) is 33.9 Å². The molecule has 0 saturated carbocycles. The van der Waals surface area contributed by atoms with Gasteiger partial charge in [0, 0.05) is 56.0 Å². The molecule has 2 aromatic rings. The van der Waals surface area contributed by atoms with Crippen LogP contribution in [0.15, 0.2) is 36.9 Å². The normalized spacial score (nSPS) is 14.6. The van der Waals surface area contributed by atoms with Crippen LogP contribution in [0.3, 0.4) is 0 Å². The fraction of sp³-hybridized carbons (Fsp3) is 0.600. The monoisotopic (exact) mass is 305 g/mol. The Kier molecular flexibility index (Phi) is 6.11. The first-order valence-corrected chi connectivity index (χ1v) is 7.74. The Balaban J connectivity index is 1.83. The van der Waals surface area contributed by atoms with Gasteiger partial charge in [-0.1, -0.05) is 0 Å². The maximum Gasteiger partial charge on any atom is 0.0573 e. The molecule has 0 saturated heterocycles. The highest BCUT2D eigenvalue weighted by molar-refractivity contribution is 4.82. The summed E-state index contributed by atoms with van der Waals surface area (Å²) in [6.45, 7) is 7.35. The highest BCUT2D eigenvalue weighted by Crippen LogP contribution is 2.03. The third-order valence-corrected chi connectivity index (χ3v) is 3.63. The van der Waals surface area contributed by atoms with Gasteiger partial charge in [-0.2, -0.15) is 10.2 Å². The van der Waals surface area contributed by atoms with Crippen molar-refractivity contribution in [1.82, 2.24) is 24.5 Å². The fourth-order valence-electron chi connectivity index (χ4n) is 2.51. The van der Waals surface area contributed by atoms with Gasteiger partial charge in [-0.05, 0) is 26.0 Å². The average molecular weight is 305 g/mol. The van der Waals surface area contributed by atoms with Crippen LogP contribution in [0.2, 0.25) is 0 Å². The zero-order chi connectivity index (χ0) is 15.9. The molecule has 0 aliphatic carbocycles. The van der Waals surface area contributed by atoms with E-state index in [0.29, 0.717) is 19.1 Å². The molecule has 0 aliphatic rings. The predicted octanol–water partition coefficient (Wildman–Crippen LogP) is 0.145. The molecule has 0 amide bonds. The van der Waals surface area contributed by atoms with Gasteiger partial charge < -0.3 is 11.5 Å². The lowest BCUT2D eigenvalue weighted by atomic mass is 10.2. The topological polar surface area (TPSA) is 90.9 Å². The minimum absolute atomic E-state index is 0.0270. The van der Waals surface area contributed by atoms with Crippen LogP contribution in [0.1, 0.15) is 13.8 Å². The van der Waals surface area contributed by atoms with Crippen molar-refractivity contribution in [3.05, 3.63) is 36.9 Å². The molecule has 7 nitrogen and oxygen atoms in total. The van der Waals surface area contributed by atoms with Crippen molar-refractivity contribution >= 4 is 0 Å². The number of nitrogens with two attached hydrogens (primary N) is 2. The summed E-state index contributed by atoms with van der Waals surface area (Å²) in [7, 11) is 0. The zero-order valence-electron chi connectivity index (χ0n) is 13.4. The van der Waals surface area contributed by atoms with Crippen LogP contribution in [0.25, 0.3) is 0 Å². The maximum absolute atomic E-state index is 6.25. The molecule has 22 heavy (non-hydrogen) atoms. The number of nitrogens with zero attached hydrogens (tertiary/aromatic N) is 5. The van der Waals surface area contributed by atoms with Crippen LogP contribution >= 0.6 is 0 Å². The van der Waals surface area contributed by atoms with Crippen LogP contribution in [0, 0.1) is 0 Å². The summed E-state index contributed by atoms with van der Waals surface area (Å²) in [5, 5.41) is 8.40.